The van der Waals surface area contributed by atoms with Gasteiger partial charge in [0.1, 0.15) is 0 Å². The number of halogens is 9. The van der Waals surface area contributed by atoms with Crippen LogP contribution in [0.3, 0.4) is 0 Å². The van der Waals surface area contributed by atoms with Crippen LogP contribution in [0.4, 0.5) is 28.2 Å². The molecule has 0 rings (SSSR count). The third-order valence-electron chi connectivity index (χ3n) is 0. The van der Waals surface area contributed by atoms with Crippen LogP contribution in [0.15, 0.2) is 0 Å². The SMILES string of the molecule is F.F.F.F.F.F.I.I.I.[As]. The van der Waals surface area contributed by atoms with Crippen LogP contribution < -0.4 is 0 Å². The van der Waals surface area contributed by atoms with Crippen LogP contribution >= 0.6 is 71.9 Å². The first-order chi connectivity index (χ1) is 0. The van der Waals surface area contributed by atoms with Gasteiger partial charge in [0, 0.05) is 18.0 Å². The molecule has 3 radical (unpaired) electrons. The van der Waals surface area contributed by atoms with Crippen molar-refractivity contribution < 1.29 is 28.2 Å². The van der Waals surface area contributed by atoms with Gasteiger partial charge in [-0.15, -0.1) is 71.9 Å². The van der Waals surface area contributed by atoms with E-state index in [2.05, 4.69) is 0 Å². The summed E-state index contributed by atoms with van der Waals surface area (Å²) in [5.41, 5.74) is 0. The molecule has 0 unspecified atom stereocenters. The Morgan fingerprint density at radius 2 is 0.300 bits per heavy atom. The van der Waals surface area contributed by atoms with Crippen molar-refractivity contribution in [2.45, 2.75) is 0 Å². The van der Waals surface area contributed by atoms with Gasteiger partial charge in [-0.1, -0.05) is 0 Å². The molecule has 0 aromatic carbocycles. The van der Waals surface area contributed by atoms with E-state index in [9.17, 15) is 0 Å². The average molecular weight is 579 g/mol. The summed E-state index contributed by atoms with van der Waals surface area (Å²) in [4.78, 5) is 0. The molecule has 0 spiro atoms. The molecule has 0 aliphatic carbocycles. The van der Waals surface area contributed by atoms with Gasteiger partial charge in [-0.05, 0) is 0 Å². The topological polar surface area (TPSA) is 0 Å². The van der Waals surface area contributed by atoms with Crippen LogP contribution in [0, 0.1) is 0 Å². The molecule has 0 fully saturated rings. The summed E-state index contributed by atoms with van der Waals surface area (Å²) in [5.74, 6) is 0. The first kappa shape index (κ1) is 292. The van der Waals surface area contributed by atoms with E-state index in [0.717, 1.165) is 0 Å². The summed E-state index contributed by atoms with van der Waals surface area (Å²) < 4.78 is 0. The first-order valence-corrected chi connectivity index (χ1v) is 0. The van der Waals surface area contributed by atoms with Gasteiger partial charge in [0.05, 0.1) is 0 Å². The maximum atomic E-state index is 0. The molecule has 0 aliphatic rings. The van der Waals surface area contributed by atoms with E-state index in [-0.39, 0.29) is 118 Å². The number of hydrogen-bond acceptors (Lipinski definition) is 0. The smallest absolute Gasteiger partial charge is 0 e. The normalized spacial score (nSPS) is 0. The summed E-state index contributed by atoms with van der Waals surface area (Å²) in [6, 6.07) is 0. The van der Waals surface area contributed by atoms with E-state index < -0.39 is 0 Å². The van der Waals surface area contributed by atoms with Crippen LogP contribution in [-0.4, -0.2) is 18.0 Å². The van der Waals surface area contributed by atoms with E-state index in [0.29, 0.717) is 0 Å². The van der Waals surface area contributed by atoms with Gasteiger partial charge >= 0.3 is 0 Å². The molecular weight excluding hydrogens is 570 g/mol. The quantitative estimate of drug-likeness (QED) is 0.235. The number of rotatable bonds is 0. The van der Waals surface area contributed by atoms with Crippen LogP contribution in [0.25, 0.3) is 0 Å². The van der Waals surface area contributed by atoms with Gasteiger partial charge in [0.15, 0.2) is 0 Å². The molecule has 0 heterocycles. The molecule has 0 nitrogen and oxygen atoms in total. The van der Waals surface area contributed by atoms with Crippen LogP contribution in [-0.2, 0) is 0 Å². The molecule has 0 saturated heterocycles. The maximum Gasteiger partial charge on any atom is 0 e. The maximum absolute atomic E-state index is 0. The standard InChI is InChI=1S/As.6FH.3HI/h;9*1H. The Morgan fingerprint density at radius 3 is 0.300 bits per heavy atom. The van der Waals surface area contributed by atoms with Crippen molar-refractivity contribution in [3.63, 3.8) is 0 Å². The Kier molecular flexibility index (Phi) is 6500. The van der Waals surface area contributed by atoms with Crippen molar-refractivity contribution in [3.8, 4) is 0 Å². The fourth-order valence-electron chi connectivity index (χ4n) is 0. The van der Waals surface area contributed by atoms with E-state index in [1.807, 2.05) is 0 Å². The second-order valence-electron chi connectivity index (χ2n) is 0. The Bertz CT molecular complexity index is 13.0. The van der Waals surface area contributed by atoms with Crippen molar-refractivity contribution in [1.82, 2.24) is 0 Å². The second-order valence-corrected chi connectivity index (χ2v) is 0. The van der Waals surface area contributed by atoms with Crippen molar-refractivity contribution in [1.29, 1.82) is 0 Å². The van der Waals surface area contributed by atoms with Crippen LogP contribution in [0.1, 0.15) is 0 Å². The van der Waals surface area contributed by atoms with Crippen LogP contribution in [0.2, 0.25) is 0 Å². The minimum Gasteiger partial charge on any atom is -0.269 e. The molecule has 0 aliphatic heterocycles. The molecule has 0 saturated carbocycles. The summed E-state index contributed by atoms with van der Waals surface area (Å²) in [5, 5.41) is 0. The molecule has 0 aromatic heterocycles. The largest absolute Gasteiger partial charge is 0.269 e. The van der Waals surface area contributed by atoms with E-state index in [4.69, 9.17) is 0 Å². The van der Waals surface area contributed by atoms with Gasteiger partial charge < -0.3 is 0 Å². The molecule has 0 amide bonds. The zero-order chi connectivity index (χ0) is 0. The molecule has 0 N–H and O–H groups in total. The third kappa shape index (κ3) is 166. The van der Waals surface area contributed by atoms with Gasteiger partial charge in [-0.25, -0.2) is 0 Å². The molecule has 0 bridgehead atoms. The minimum atomic E-state index is 0. The van der Waals surface area contributed by atoms with Crippen molar-refractivity contribution >= 4 is 89.9 Å². The van der Waals surface area contributed by atoms with Crippen LogP contribution in [0.5, 0.6) is 0 Å². The molecule has 0 atom stereocenters. The molecule has 10 heteroatoms. The predicted molar refractivity (Wildman–Crippen MR) is 67.0 cm³/mol. The van der Waals surface area contributed by atoms with Gasteiger partial charge in [-0.2, -0.15) is 0 Å². The number of hydrogen-bond donors (Lipinski definition) is 0. The second kappa shape index (κ2) is 223. The van der Waals surface area contributed by atoms with Gasteiger partial charge in [0.25, 0.3) is 0 Å². The Balaban J connectivity index is 0. The average Bonchev–Trinajstić information content (AvgIpc) is 0. The summed E-state index contributed by atoms with van der Waals surface area (Å²) in [6.07, 6.45) is 0. The summed E-state index contributed by atoms with van der Waals surface area (Å²) >= 11 is 0. The monoisotopic (exact) mass is 579 g/mol. The fraction of sp³-hybridized carbons (Fsp3) is 0. The Hall–Kier alpha value is 2.33. The van der Waals surface area contributed by atoms with E-state index in [1.165, 1.54) is 0 Å². The van der Waals surface area contributed by atoms with Gasteiger partial charge in [0.2, 0.25) is 0 Å². The molecular formula is H9AsF6I3. The van der Waals surface area contributed by atoms with Gasteiger partial charge in [-0.3, -0.25) is 28.2 Å². The third-order valence-corrected chi connectivity index (χ3v) is 0. The van der Waals surface area contributed by atoms with Crippen molar-refractivity contribution in [3.05, 3.63) is 0 Å². The molecule has 10 heavy (non-hydrogen) atoms. The summed E-state index contributed by atoms with van der Waals surface area (Å²) in [6.45, 7) is 0. The van der Waals surface area contributed by atoms with E-state index in [1.54, 1.807) is 0 Å². The zero-order valence-corrected chi connectivity index (χ0v) is 13.0. The minimum absolute atomic E-state index is 0. The Morgan fingerprint density at radius 1 is 0.300 bits per heavy atom. The Labute approximate surface area is 117 Å². The fourth-order valence-corrected chi connectivity index (χ4v) is 0. The summed E-state index contributed by atoms with van der Waals surface area (Å²) in [7, 11) is 0. The predicted octanol–water partition coefficient (Wildman–Crippen LogP) is 2.39. The molecule has 77 valence electrons. The molecule has 0 aromatic rings. The van der Waals surface area contributed by atoms with Crippen molar-refractivity contribution in [2.75, 3.05) is 0 Å². The zero-order valence-electron chi connectivity index (χ0n) is 4.12. The first-order valence-electron chi connectivity index (χ1n) is 0. The van der Waals surface area contributed by atoms with Crippen molar-refractivity contribution in [2.24, 2.45) is 0 Å². The van der Waals surface area contributed by atoms with E-state index >= 15 is 0 Å².